The van der Waals surface area contributed by atoms with Crippen LogP contribution in [0.1, 0.15) is 32.8 Å². The van der Waals surface area contributed by atoms with Gasteiger partial charge in [0.15, 0.2) is 0 Å². The summed E-state index contributed by atoms with van der Waals surface area (Å²) in [4.78, 5) is 25.0. The van der Waals surface area contributed by atoms with E-state index in [0.717, 1.165) is 11.3 Å². The molecule has 0 unspecified atom stereocenters. The maximum Gasteiger partial charge on any atom is 0.225 e. The molecule has 1 aromatic carbocycles. The van der Waals surface area contributed by atoms with Crippen molar-refractivity contribution in [3.8, 4) is 0 Å². The minimum Gasteiger partial charge on any atom is -0.336 e. The first-order valence-electron chi connectivity index (χ1n) is 7.24. The molecule has 21 heavy (non-hydrogen) atoms. The van der Waals surface area contributed by atoms with Crippen LogP contribution in [-0.4, -0.2) is 36.3 Å². The van der Waals surface area contributed by atoms with E-state index in [-0.39, 0.29) is 17.9 Å². The highest BCUT2D eigenvalue weighted by Gasteiger charge is 2.12. The van der Waals surface area contributed by atoms with Gasteiger partial charge in [-0.25, -0.2) is 0 Å². The number of anilines is 1. The van der Waals surface area contributed by atoms with Crippen molar-refractivity contribution in [3.05, 3.63) is 29.8 Å². The first kappa shape index (κ1) is 17.2. The summed E-state index contributed by atoms with van der Waals surface area (Å²) in [5.41, 5.74) is 1.82. The van der Waals surface area contributed by atoms with Crippen LogP contribution >= 0.6 is 0 Å². The van der Waals surface area contributed by atoms with E-state index in [4.69, 9.17) is 0 Å². The van der Waals surface area contributed by atoms with Gasteiger partial charge >= 0.3 is 0 Å². The van der Waals surface area contributed by atoms with Crippen molar-refractivity contribution in [3.63, 3.8) is 0 Å². The molecule has 1 rings (SSSR count). The van der Waals surface area contributed by atoms with Crippen molar-refractivity contribution in [2.45, 2.75) is 39.8 Å². The standard InChI is InChI=1S/C16H25N3O2/c1-12(2)19(13(3)20)11-14-5-7-15(8-6-14)18-16(21)9-10-17-4/h5-8,12,17H,9-11H2,1-4H3,(H,18,21). The van der Waals surface area contributed by atoms with Gasteiger partial charge in [0.2, 0.25) is 11.8 Å². The summed E-state index contributed by atoms with van der Waals surface area (Å²) in [5, 5.41) is 5.78. The molecule has 0 fully saturated rings. The van der Waals surface area contributed by atoms with Crippen LogP contribution in [0, 0.1) is 0 Å². The molecule has 2 amide bonds. The van der Waals surface area contributed by atoms with E-state index < -0.39 is 0 Å². The van der Waals surface area contributed by atoms with Crippen molar-refractivity contribution in [1.29, 1.82) is 0 Å². The van der Waals surface area contributed by atoms with Crippen LogP contribution in [0.5, 0.6) is 0 Å². The quantitative estimate of drug-likeness (QED) is 0.807. The Hall–Kier alpha value is -1.88. The average Bonchev–Trinajstić information content (AvgIpc) is 2.43. The molecule has 1 aromatic rings. The highest BCUT2D eigenvalue weighted by Crippen LogP contribution is 2.13. The summed E-state index contributed by atoms with van der Waals surface area (Å²) in [6.07, 6.45) is 0.448. The summed E-state index contributed by atoms with van der Waals surface area (Å²) in [7, 11) is 1.82. The SMILES string of the molecule is CNCCC(=O)Nc1ccc(CN(C(C)=O)C(C)C)cc1. The predicted octanol–water partition coefficient (Wildman–Crippen LogP) is 1.99. The van der Waals surface area contributed by atoms with E-state index in [1.165, 1.54) is 0 Å². The van der Waals surface area contributed by atoms with Crippen LogP contribution in [0.3, 0.4) is 0 Å². The summed E-state index contributed by atoms with van der Waals surface area (Å²) >= 11 is 0. The molecule has 2 N–H and O–H groups in total. The van der Waals surface area contributed by atoms with Crippen molar-refractivity contribution >= 4 is 17.5 Å². The fourth-order valence-corrected chi connectivity index (χ4v) is 2.01. The van der Waals surface area contributed by atoms with Gasteiger partial charge in [0.05, 0.1) is 0 Å². The Morgan fingerprint density at radius 1 is 1.19 bits per heavy atom. The number of benzene rings is 1. The largest absolute Gasteiger partial charge is 0.336 e. The number of rotatable bonds is 7. The lowest BCUT2D eigenvalue weighted by atomic mass is 10.1. The molecule has 0 atom stereocenters. The molecule has 0 saturated heterocycles. The second-order valence-electron chi connectivity index (χ2n) is 5.34. The van der Waals surface area contributed by atoms with Crippen molar-refractivity contribution in [2.75, 3.05) is 18.9 Å². The number of carbonyl (C=O) groups excluding carboxylic acids is 2. The average molecular weight is 291 g/mol. The normalized spacial score (nSPS) is 10.5. The molecule has 116 valence electrons. The van der Waals surface area contributed by atoms with E-state index in [1.54, 1.807) is 11.8 Å². The molecule has 0 aliphatic rings. The fourth-order valence-electron chi connectivity index (χ4n) is 2.01. The van der Waals surface area contributed by atoms with E-state index in [1.807, 2.05) is 45.2 Å². The number of nitrogens with one attached hydrogen (secondary N) is 2. The number of carbonyl (C=O) groups is 2. The van der Waals surface area contributed by atoms with Gasteiger partial charge < -0.3 is 15.5 Å². The van der Waals surface area contributed by atoms with E-state index in [2.05, 4.69) is 10.6 Å². The molecule has 0 spiro atoms. The molecule has 0 aliphatic carbocycles. The molecule has 0 radical (unpaired) electrons. The van der Waals surface area contributed by atoms with Crippen molar-refractivity contribution < 1.29 is 9.59 Å². The predicted molar refractivity (Wildman–Crippen MR) is 85.0 cm³/mol. The van der Waals surface area contributed by atoms with Crippen LogP contribution in [0.2, 0.25) is 0 Å². The highest BCUT2D eigenvalue weighted by atomic mass is 16.2. The highest BCUT2D eigenvalue weighted by molar-refractivity contribution is 5.90. The summed E-state index contributed by atoms with van der Waals surface area (Å²) < 4.78 is 0. The zero-order valence-electron chi connectivity index (χ0n) is 13.3. The Morgan fingerprint density at radius 2 is 1.81 bits per heavy atom. The van der Waals surface area contributed by atoms with Gasteiger partial charge in [0, 0.05) is 38.2 Å². The van der Waals surface area contributed by atoms with Crippen molar-refractivity contribution in [2.24, 2.45) is 0 Å². The summed E-state index contributed by atoms with van der Waals surface area (Å²) in [5.74, 6) is 0.0547. The first-order chi connectivity index (χ1) is 9.93. The molecule has 0 bridgehead atoms. The number of hydrogen-bond donors (Lipinski definition) is 2. The molecular weight excluding hydrogens is 266 g/mol. The minimum absolute atomic E-state index is 0.00959. The zero-order valence-corrected chi connectivity index (χ0v) is 13.3. The van der Waals surface area contributed by atoms with E-state index in [0.29, 0.717) is 19.5 Å². The summed E-state index contributed by atoms with van der Waals surface area (Å²) in [6, 6.07) is 7.78. The van der Waals surface area contributed by atoms with Crippen LogP contribution in [0.15, 0.2) is 24.3 Å². The Morgan fingerprint density at radius 3 is 2.29 bits per heavy atom. The fraction of sp³-hybridized carbons (Fsp3) is 0.500. The summed E-state index contributed by atoms with van der Waals surface area (Å²) in [6.45, 7) is 6.82. The number of amides is 2. The topological polar surface area (TPSA) is 61.4 Å². The Labute approximate surface area is 126 Å². The Kier molecular flexibility index (Phi) is 6.88. The molecule has 5 nitrogen and oxygen atoms in total. The van der Waals surface area contributed by atoms with Gasteiger partial charge in [-0.1, -0.05) is 12.1 Å². The zero-order chi connectivity index (χ0) is 15.8. The Balaban J connectivity index is 2.61. The van der Waals surface area contributed by atoms with Gasteiger partial charge in [-0.3, -0.25) is 9.59 Å². The van der Waals surface area contributed by atoms with Crippen LogP contribution in [0.25, 0.3) is 0 Å². The molecule has 0 aliphatic heterocycles. The second kappa shape index (κ2) is 8.42. The maximum atomic E-state index is 11.6. The van der Waals surface area contributed by atoms with Gasteiger partial charge in [-0.15, -0.1) is 0 Å². The van der Waals surface area contributed by atoms with E-state index in [9.17, 15) is 9.59 Å². The van der Waals surface area contributed by atoms with Gasteiger partial charge in [0.1, 0.15) is 0 Å². The lowest BCUT2D eigenvalue weighted by Crippen LogP contribution is -2.34. The molecule has 0 heterocycles. The lowest BCUT2D eigenvalue weighted by molar-refractivity contribution is -0.131. The second-order valence-corrected chi connectivity index (χ2v) is 5.34. The maximum absolute atomic E-state index is 11.6. The van der Waals surface area contributed by atoms with Crippen LogP contribution in [-0.2, 0) is 16.1 Å². The monoisotopic (exact) mass is 291 g/mol. The molecular formula is C16H25N3O2. The molecule has 0 aromatic heterocycles. The smallest absolute Gasteiger partial charge is 0.225 e. The van der Waals surface area contributed by atoms with Gasteiger partial charge in [-0.2, -0.15) is 0 Å². The molecule has 0 saturated carbocycles. The van der Waals surface area contributed by atoms with Crippen molar-refractivity contribution in [1.82, 2.24) is 10.2 Å². The number of nitrogens with zero attached hydrogens (tertiary/aromatic N) is 1. The number of hydrogen-bond acceptors (Lipinski definition) is 3. The third-order valence-electron chi connectivity index (χ3n) is 3.22. The lowest BCUT2D eigenvalue weighted by Gasteiger charge is -2.25. The Bertz CT molecular complexity index is 469. The van der Waals surface area contributed by atoms with Crippen LogP contribution < -0.4 is 10.6 Å². The van der Waals surface area contributed by atoms with E-state index >= 15 is 0 Å². The van der Waals surface area contributed by atoms with Gasteiger partial charge in [-0.05, 0) is 38.6 Å². The van der Waals surface area contributed by atoms with Gasteiger partial charge in [0.25, 0.3) is 0 Å². The third-order valence-corrected chi connectivity index (χ3v) is 3.22. The van der Waals surface area contributed by atoms with Crippen LogP contribution in [0.4, 0.5) is 5.69 Å². The minimum atomic E-state index is -0.00959. The first-order valence-corrected chi connectivity index (χ1v) is 7.24. The third kappa shape index (κ3) is 5.95. The molecule has 5 heteroatoms.